The molecule has 0 spiro atoms. The van der Waals surface area contributed by atoms with Crippen LogP contribution in [-0.4, -0.2) is 212 Å². The van der Waals surface area contributed by atoms with E-state index in [0.717, 1.165) is 39.5 Å². The Hall–Kier alpha value is -5.79. The van der Waals surface area contributed by atoms with Crippen LogP contribution in [0, 0.1) is 17.2 Å². The van der Waals surface area contributed by atoms with Crippen LogP contribution >= 0.6 is 0 Å². The van der Waals surface area contributed by atoms with Gasteiger partial charge in [-0.3, -0.25) is 39.0 Å². The number of nitrogens with two attached hydrogens (primary N) is 1. The Morgan fingerprint density at radius 3 is 2.24 bits per heavy atom. The lowest BCUT2D eigenvalue weighted by Crippen LogP contribution is -2.67. The predicted octanol–water partition coefficient (Wildman–Crippen LogP) is -4.52. The molecular formula is C45H74N12O17. The van der Waals surface area contributed by atoms with Crippen molar-refractivity contribution in [2.75, 3.05) is 39.8 Å². The number of aromatic amines is 1. The highest BCUT2D eigenvalue weighted by atomic mass is 16.7. The predicted molar refractivity (Wildman–Crippen MR) is 258 cm³/mol. The van der Waals surface area contributed by atoms with E-state index in [9.17, 15) is 63.9 Å². The van der Waals surface area contributed by atoms with Crippen molar-refractivity contribution < 1.29 is 73.2 Å². The fourth-order valence-corrected chi connectivity index (χ4v) is 9.28. The van der Waals surface area contributed by atoms with E-state index in [-0.39, 0.29) is 51.5 Å². The van der Waals surface area contributed by atoms with Crippen LogP contribution in [0.5, 0.6) is 0 Å². The quantitative estimate of drug-likeness (QED) is 0.0307. The van der Waals surface area contributed by atoms with Gasteiger partial charge in [0.2, 0.25) is 11.8 Å². The number of methoxy groups -OCH3 is 1. The average Bonchev–Trinajstić information content (AvgIpc) is 3.91. The zero-order valence-corrected chi connectivity index (χ0v) is 42.3. The third-order valence-corrected chi connectivity index (χ3v) is 13.5. The number of carbonyl (C=O) groups is 6. The summed E-state index contributed by atoms with van der Waals surface area (Å²) < 4.78 is 24.8. The average molecular weight is 1060 g/mol. The standard InChI is InChI=1S/C45H74N12O17/c1-7-8-9-10-16-56-38(65)28(33(74-41-35(71-6)30(60)23(19-46)72-41)34-31(61)32(62)39(73-34)57-18-13-24(58)51-44(57)69)55(45(56)70)17-11-14-48-36(63)27(29(59)21(4)5)52-37(64)26(22-12-15-49-42(47)50-22)54-43(68)53-25(20(2)3)40(66)67/h13,18,20-23,25-35,39,41,59-62H,7-12,14-17,19,46H2,1-6H3,(H,48,63)(H,52,64)(H,66,67)(H3,47,49,50)(H,51,58,69)(H2,53,54,68)/t22?,23-,25?,26?,27?,28?,29?,30+,31-,32-,33?,34+,35+,39-,41?/m1/s1. The summed E-state index contributed by atoms with van der Waals surface area (Å²) in [6.45, 7) is 7.74. The lowest BCUT2D eigenvalue weighted by molar-refractivity contribution is -0.233. The van der Waals surface area contributed by atoms with Gasteiger partial charge >= 0.3 is 23.7 Å². The smallest absolute Gasteiger partial charge is 0.330 e. The Morgan fingerprint density at radius 1 is 0.919 bits per heavy atom. The first-order chi connectivity index (χ1) is 35.1. The number of aromatic nitrogens is 2. The molecule has 29 heteroatoms. The molecule has 74 heavy (non-hydrogen) atoms. The van der Waals surface area contributed by atoms with Crippen LogP contribution in [0.15, 0.2) is 21.9 Å². The van der Waals surface area contributed by atoms with Gasteiger partial charge in [0.15, 0.2) is 18.5 Å². The number of carbonyl (C=O) groups excluding carboxylic acids is 5. The minimum Gasteiger partial charge on any atom is -0.480 e. The monoisotopic (exact) mass is 1050 g/mol. The minimum absolute atomic E-state index is 0.0350. The van der Waals surface area contributed by atoms with E-state index < -0.39 is 150 Å². The van der Waals surface area contributed by atoms with Crippen LogP contribution in [0.2, 0.25) is 0 Å². The molecule has 15 N–H and O–H groups in total. The Bertz CT molecular complexity index is 2250. The molecule has 8 unspecified atom stereocenters. The number of urea groups is 2. The number of hydrogen-bond acceptors (Lipinski definition) is 18. The van der Waals surface area contributed by atoms with Gasteiger partial charge in [0.25, 0.3) is 11.5 Å². The van der Waals surface area contributed by atoms with Crippen molar-refractivity contribution in [3.05, 3.63) is 33.1 Å². The molecule has 0 aromatic carbocycles. The van der Waals surface area contributed by atoms with Crippen LogP contribution < -0.4 is 48.9 Å². The first kappa shape index (κ1) is 59.1. The number of aliphatic hydroxyl groups is 4. The highest BCUT2D eigenvalue weighted by molar-refractivity contribution is 6.04. The number of unbranched alkanes of at least 4 members (excludes halogenated alkanes) is 3. The fraction of sp³-hybridized carbons (Fsp3) is 0.756. The molecule has 416 valence electrons. The summed E-state index contributed by atoms with van der Waals surface area (Å²) >= 11 is 0. The van der Waals surface area contributed by atoms with Crippen molar-refractivity contribution in [2.45, 2.75) is 165 Å². The number of aliphatic hydroxyl groups excluding tert-OH is 4. The summed E-state index contributed by atoms with van der Waals surface area (Å²) in [5.74, 6) is -5.31. The molecule has 7 amide bonds. The number of ether oxygens (including phenoxy) is 4. The van der Waals surface area contributed by atoms with E-state index in [1.807, 2.05) is 11.9 Å². The van der Waals surface area contributed by atoms with Gasteiger partial charge in [-0.05, 0) is 31.1 Å². The molecule has 4 saturated heterocycles. The number of imide groups is 1. The molecule has 1 aromatic rings. The molecule has 29 nitrogen and oxygen atoms in total. The largest absolute Gasteiger partial charge is 0.480 e. The number of nitrogens with one attached hydrogen (secondary N) is 8. The fourth-order valence-electron chi connectivity index (χ4n) is 9.28. The number of carboxylic acid groups (broad SMARTS) is 1. The van der Waals surface area contributed by atoms with Gasteiger partial charge in [-0.25, -0.2) is 19.2 Å². The van der Waals surface area contributed by atoms with Crippen LogP contribution in [0.1, 0.15) is 79.4 Å². The van der Waals surface area contributed by atoms with Crippen LogP contribution in [0.3, 0.4) is 0 Å². The molecule has 4 aliphatic heterocycles. The summed E-state index contributed by atoms with van der Waals surface area (Å²) in [4.78, 5) is 111. The van der Waals surface area contributed by atoms with E-state index in [2.05, 4.69) is 31.9 Å². The maximum absolute atomic E-state index is 14.7. The molecule has 0 bridgehead atoms. The maximum atomic E-state index is 14.7. The highest BCUT2D eigenvalue weighted by Gasteiger charge is 2.59. The van der Waals surface area contributed by atoms with Gasteiger partial charge in [-0.1, -0.05) is 53.9 Å². The lowest BCUT2D eigenvalue weighted by Gasteiger charge is -2.36. The molecule has 15 atom stereocenters. The Morgan fingerprint density at radius 2 is 1.64 bits per heavy atom. The number of aliphatic carboxylic acids is 1. The number of hydrogen-bond donors (Lipinski definition) is 14. The summed E-state index contributed by atoms with van der Waals surface area (Å²) in [5, 5.41) is 78.5. The van der Waals surface area contributed by atoms with E-state index in [4.69, 9.17) is 30.1 Å². The first-order valence-corrected chi connectivity index (χ1v) is 24.9. The molecule has 4 aliphatic rings. The van der Waals surface area contributed by atoms with Crippen LogP contribution in [-0.2, 0) is 38.1 Å². The summed E-state index contributed by atoms with van der Waals surface area (Å²) in [6.07, 6.45) is -11.7. The Balaban J connectivity index is 1.42. The first-order valence-electron chi connectivity index (χ1n) is 24.9. The van der Waals surface area contributed by atoms with Gasteiger partial charge in [0.05, 0.1) is 12.1 Å². The number of rotatable bonds is 26. The zero-order valence-electron chi connectivity index (χ0n) is 42.3. The van der Waals surface area contributed by atoms with E-state index in [0.29, 0.717) is 12.8 Å². The van der Waals surface area contributed by atoms with Gasteiger partial charge in [0, 0.05) is 52.1 Å². The second-order valence-electron chi connectivity index (χ2n) is 19.4. The molecule has 0 radical (unpaired) electrons. The third-order valence-electron chi connectivity index (χ3n) is 13.5. The van der Waals surface area contributed by atoms with E-state index >= 15 is 0 Å². The molecule has 5 rings (SSSR count). The second kappa shape index (κ2) is 26.6. The molecule has 4 fully saturated rings. The van der Waals surface area contributed by atoms with Crippen molar-refractivity contribution in [2.24, 2.45) is 17.6 Å². The van der Waals surface area contributed by atoms with Gasteiger partial charge in [0.1, 0.15) is 66.9 Å². The molecule has 1 aromatic heterocycles. The number of guanidine groups is 1. The number of amides is 7. The van der Waals surface area contributed by atoms with Gasteiger partial charge in [-0.2, -0.15) is 0 Å². The second-order valence-corrected chi connectivity index (χ2v) is 19.4. The summed E-state index contributed by atoms with van der Waals surface area (Å²) in [5.41, 5.74) is 4.09. The minimum atomic E-state index is -1.92. The van der Waals surface area contributed by atoms with E-state index in [1.165, 1.54) is 7.11 Å². The van der Waals surface area contributed by atoms with Crippen molar-refractivity contribution in [3.8, 4) is 0 Å². The maximum Gasteiger partial charge on any atom is 0.330 e. The highest BCUT2D eigenvalue weighted by Crippen LogP contribution is 2.38. The summed E-state index contributed by atoms with van der Waals surface area (Å²) in [7, 11) is 1.25. The van der Waals surface area contributed by atoms with Crippen molar-refractivity contribution in [1.29, 1.82) is 5.41 Å². The summed E-state index contributed by atoms with van der Waals surface area (Å²) in [6, 6.07) is -7.90. The Kier molecular flexibility index (Phi) is 21.3. The molecule has 0 saturated carbocycles. The van der Waals surface area contributed by atoms with Gasteiger partial charge in [-0.15, -0.1) is 0 Å². The van der Waals surface area contributed by atoms with Crippen molar-refractivity contribution >= 4 is 41.7 Å². The molecule has 0 aliphatic carbocycles. The van der Waals surface area contributed by atoms with Crippen molar-refractivity contribution in [1.82, 2.24) is 51.3 Å². The lowest BCUT2D eigenvalue weighted by atomic mass is 9.97. The van der Waals surface area contributed by atoms with E-state index in [1.54, 1.807) is 27.7 Å². The molecule has 5 heterocycles. The third kappa shape index (κ3) is 13.9. The topological polar surface area (TPSA) is 424 Å². The van der Waals surface area contributed by atoms with Crippen LogP contribution in [0.25, 0.3) is 0 Å². The Labute approximate surface area is 426 Å². The molecular weight excluding hydrogens is 981 g/mol. The number of nitrogens with zero attached hydrogens (tertiary/aromatic N) is 3. The SMILES string of the molecule is CCCCCCN1C(=O)C(C(OC2O[C@H](CN)[C@H](O)[C@@H]2OC)[C@H]2O[C@@H](n3ccc(=O)[nH]c3=O)[C@H](O)[C@H]2O)N(CCCNC(=O)C(NC(=O)C(NC(=O)NC(C(=O)O)C(C)C)C2CCNC(=N)N2)C(O)C(C)C)C1=O. The van der Waals surface area contributed by atoms with Crippen LogP contribution in [0.4, 0.5) is 9.59 Å². The van der Waals surface area contributed by atoms with Crippen molar-refractivity contribution in [3.63, 3.8) is 0 Å². The normalized spacial score (nSPS) is 28.1. The number of carboxylic acids is 1. The van der Waals surface area contributed by atoms with Gasteiger partial charge < -0.3 is 87.0 Å². The zero-order chi connectivity index (χ0) is 54.7. The number of H-pyrrole nitrogens is 1.